The molecule has 4 nitrogen and oxygen atoms in total. The lowest BCUT2D eigenvalue weighted by Crippen LogP contribution is -2.08. The number of nitrogens with zero attached hydrogens (tertiary/aromatic N) is 2. The summed E-state index contributed by atoms with van der Waals surface area (Å²) in [6.45, 7) is 4.27. The summed E-state index contributed by atoms with van der Waals surface area (Å²) in [6, 6.07) is 12.9. The van der Waals surface area contributed by atoms with Crippen LogP contribution in [0, 0.1) is 19.7 Å². The van der Waals surface area contributed by atoms with E-state index in [4.69, 9.17) is 17.3 Å². The normalized spacial score (nSPS) is 10.8. The van der Waals surface area contributed by atoms with Crippen LogP contribution in [0.3, 0.4) is 0 Å². The molecule has 0 aliphatic heterocycles. The third kappa shape index (κ3) is 4.29. The van der Waals surface area contributed by atoms with Crippen LogP contribution in [0.5, 0.6) is 0 Å². The maximum absolute atomic E-state index is 13.7. The number of anilines is 2. The summed E-state index contributed by atoms with van der Waals surface area (Å²) in [5.41, 5.74) is 9.93. The molecule has 134 valence electrons. The average Bonchev–Trinajstić information content (AvgIpc) is 2.59. The molecule has 0 saturated carbocycles. The number of hydrogen-bond donors (Lipinski definition) is 2. The molecular weight excluding hydrogens is 351 g/mol. The molecule has 0 fully saturated rings. The molecule has 0 bridgehead atoms. The Morgan fingerprint density at radius 2 is 1.77 bits per heavy atom. The summed E-state index contributed by atoms with van der Waals surface area (Å²) in [5.74, 6) is 0.593. The first-order valence-electron chi connectivity index (χ1n) is 8.32. The number of benzene rings is 2. The summed E-state index contributed by atoms with van der Waals surface area (Å²) in [5, 5.41) is 3.99. The van der Waals surface area contributed by atoms with E-state index in [0.717, 1.165) is 22.6 Å². The van der Waals surface area contributed by atoms with Crippen molar-refractivity contribution >= 4 is 23.4 Å². The molecule has 3 N–H and O–H groups in total. The van der Waals surface area contributed by atoms with Gasteiger partial charge < -0.3 is 11.1 Å². The summed E-state index contributed by atoms with van der Waals surface area (Å²) in [7, 11) is 0. The van der Waals surface area contributed by atoms with E-state index in [-0.39, 0.29) is 11.8 Å². The van der Waals surface area contributed by atoms with Gasteiger partial charge >= 0.3 is 0 Å². The van der Waals surface area contributed by atoms with Crippen molar-refractivity contribution in [3.05, 3.63) is 70.0 Å². The Morgan fingerprint density at radius 3 is 2.50 bits per heavy atom. The molecule has 0 unspecified atom stereocenters. The van der Waals surface area contributed by atoms with Gasteiger partial charge in [-0.25, -0.2) is 9.37 Å². The van der Waals surface area contributed by atoms with E-state index < -0.39 is 0 Å². The van der Waals surface area contributed by atoms with Crippen LogP contribution in [0.4, 0.5) is 16.2 Å². The maximum atomic E-state index is 13.7. The highest BCUT2D eigenvalue weighted by Gasteiger charge is 2.10. The SMILES string of the molecule is Cc1cc(-c2cc(NCCc3ccc(Cl)cc3)nc(N)n2)c(C)cc1F. The number of halogens is 2. The third-order valence-corrected chi connectivity index (χ3v) is 4.41. The quantitative estimate of drug-likeness (QED) is 0.677. The Hall–Kier alpha value is -2.66. The van der Waals surface area contributed by atoms with Gasteiger partial charge in [0.1, 0.15) is 11.6 Å². The highest BCUT2D eigenvalue weighted by molar-refractivity contribution is 6.30. The molecule has 0 atom stereocenters. The van der Waals surface area contributed by atoms with Gasteiger partial charge in [0, 0.05) is 23.2 Å². The van der Waals surface area contributed by atoms with Crippen LogP contribution >= 0.6 is 11.6 Å². The molecule has 26 heavy (non-hydrogen) atoms. The van der Waals surface area contributed by atoms with Crippen LogP contribution in [0.2, 0.25) is 5.02 Å². The van der Waals surface area contributed by atoms with Gasteiger partial charge in [0.05, 0.1) is 5.69 Å². The number of nitrogen functional groups attached to an aromatic ring is 1. The average molecular weight is 371 g/mol. The predicted octanol–water partition coefficient (Wildman–Crippen LogP) is 4.79. The minimum Gasteiger partial charge on any atom is -0.370 e. The van der Waals surface area contributed by atoms with Crippen LogP contribution in [0.25, 0.3) is 11.3 Å². The topological polar surface area (TPSA) is 63.8 Å². The van der Waals surface area contributed by atoms with Crippen molar-refractivity contribution in [2.24, 2.45) is 0 Å². The molecule has 0 aliphatic carbocycles. The smallest absolute Gasteiger partial charge is 0.222 e. The fourth-order valence-electron chi connectivity index (χ4n) is 2.74. The summed E-state index contributed by atoms with van der Waals surface area (Å²) in [4.78, 5) is 8.54. The van der Waals surface area contributed by atoms with Gasteiger partial charge in [-0.1, -0.05) is 23.7 Å². The van der Waals surface area contributed by atoms with Crippen molar-refractivity contribution in [2.75, 3.05) is 17.6 Å². The van der Waals surface area contributed by atoms with E-state index in [1.165, 1.54) is 11.6 Å². The van der Waals surface area contributed by atoms with Crippen LogP contribution in [0.15, 0.2) is 42.5 Å². The molecule has 0 saturated heterocycles. The first kappa shape index (κ1) is 18.1. The number of nitrogens with two attached hydrogens (primary N) is 1. The molecule has 0 radical (unpaired) electrons. The zero-order valence-electron chi connectivity index (χ0n) is 14.7. The molecule has 0 aliphatic rings. The molecule has 1 aromatic heterocycles. The second-order valence-electron chi connectivity index (χ2n) is 6.22. The molecule has 0 spiro atoms. The van der Waals surface area contributed by atoms with Gasteiger partial charge in [-0.05, 0) is 61.2 Å². The Morgan fingerprint density at radius 1 is 1.04 bits per heavy atom. The third-order valence-electron chi connectivity index (χ3n) is 4.16. The van der Waals surface area contributed by atoms with Crippen molar-refractivity contribution in [3.8, 4) is 11.3 Å². The Bertz CT molecular complexity index is 926. The largest absolute Gasteiger partial charge is 0.370 e. The highest BCUT2D eigenvalue weighted by Crippen LogP contribution is 2.26. The molecule has 3 rings (SSSR count). The van der Waals surface area contributed by atoms with Gasteiger partial charge in [-0.2, -0.15) is 4.98 Å². The van der Waals surface area contributed by atoms with E-state index in [0.29, 0.717) is 23.6 Å². The monoisotopic (exact) mass is 370 g/mol. The summed E-state index contributed by atoms with van der Waals surface area (Å²) >= 11 is 5.90. The standard InChI is InChI=1S/C20H20ClFN4/c1-12-10-17(22)13(2)9-16(12)18-11-19(26-20(23)25-18)24-8-7-14-3-5-15(21)6-4-14/h3-6,9-11H,7-8H2,1-2H3,(H3,23,24,25,26). The maximum Gasteiger partial charge on any atom is 0.222 e. The van der Waals surface area contributed by atoms with E-state index in [1.807, 2.05) is 37.3 Å². The molecule has 3 aromatic rings. The molecule has 0 amide bonds. The van der Waals surface area contributed by atoms with E-state index >= 15 is 0 Å². The van der Waals surface area contributed by atoms with Crippen molar-refractivity contribution in [2.45, 2.75) is 20.3 Å². The Balaban J connectivity index is 1.77. The second kappa shape index (κ2) is 7.70. The number of rotatable bonds is 5. The predicted molar refractivity (Wildman–Crippen MR) is 105 cm³/mol. The van der Waals surface area contributed by atoms with Crippen LogP contribution in [-0.2, 0) is 6.42 Å². The fourth-order valence-corrected chi connectivity index (χ4v) is 2.86. The van der Waals surface area contributed by atoms with E-state index in [9.17, 15) is 4.39 Å². The minimum absolute atomic E-state index is 0.179. The molecular formula is C20H20ClFN4. The second-order valence-corrected chi connectivity index (χ2v) is 6.65. The lowest BCUT2D eigenvalue weighted by atomic mass is 10.0. The minimum atomic E-state index is -0.227. The Kier molecular flexibility index (Phi) is 5.38. The van der Waals surface area contributed by atoms with Gasteiger partial charge in [0.25, 0.3) is 0 Å². The van der Waals surface area contributed by atoms with E-state index in [2.05, 4.69) is 15.3 Å². The van der Waals surface area contributed by atoms with Crippen molar-refractivity contribution in [1.29, 1.82) is 0 Å². The zero-order chi connectivity index (χ0) is 18.7. The molecule has 1 heterocycles. The summed E-state index contributed by atoms with van der Waals surface area (Å²) < 4.78 is 13.7. The van der Waals surface area contributed by atoms with Crippen molar-refractivity contribution in [1.82, 2.24) is 9.97 Å². The lowest BCUT2D eigenvalue weighted by Gasteiger charge is -2.11. The molecule has 6 heteroatoms. The van der Waals surface area contributed by atoms with Crippen LogP contribution in [0.1, 0.15) is 16.7 Å². The first-order chi connectivity index (χ1) is 12.4. The van der Waals surface area contributed by atoms with Gasteiger partial charge in [0.15, 0.2) is 0 Å². The number of aryl methyl sites for hydroxylation is 2. The van der Waals surface area contributed by atoms with Crippen molar-refractivity contribution in [3.63, 3.8) is 0 Å². The van der Waals surface area contributed by atoms with Gasteiger partial charge in [-0.15, -0.1) is 0 Å². The van der Waals surface area contributed by atoms with Crippen LogP contribution < -0.4 is 11.1 Å². The zero-order valence-corrected chi connectivity index (χ0v) is 15.4. The van der Waals surface area contributed by atoms with Crippen molar-refractivity contribution < 1.29 is 4.39 Å². The molecule has 2 aromatic carbocycles. The highest BCUT2D eigenvalue weighted by atomic mass is 35.5. The Labute approximate surface area is 157 Å². The van der Waals surface area contributed by atoms with Gasteiger partial charge in [0.2, 0.25) is 5.95 Å². The fraction of sp³-hybridized carbons (Fsp3) is 0.200. The number of nitrogens with one attached hydrogen (secondary N) is 1. The lowest BCUT2D eigenvalue weighted by molar-refractivity contribution is 0.617. The van der Waals surface area contributed by atoms with E-state index in [1.54, 1.807) is 13.0 Å². The summed E-state index contributed by atoms with van der Waals surface area (Å²) in [6.07, 6.45) is 0.824. The number of aromatic nitrogens is 2. The first-order valence-corrected chi connectivity index (χ1v) is 8.70. The van der Waals surface area contributed by atoms with Gasteiger partial charge in [-0.3, -0.25) is 0 Å². The number of hydrogen-bond acceptors (Lipinski definition) is 4. The van der Waals surface area contributed by atoms with Crippen LogP contribution in [-0.4, -0.2) is 16.5 Å².